The summed E-state index contributed by atoms with van der Waals surface area (Å²) in [5.74, 6) is -0.159. The second kappa shape index (κ2) is 9.08. The molecule has 0 aromatic heterocycles. The van der Waals surface area contributed by atoms with Crippen molar-refractivity contribution in [2.45, 2.75) is 26.7 Å². The summed E-state index contributed by atoms with van der Waals surface area (Å²) in [6.45, 7) is 3.97. The SMILES string of the molecule is Cc1cc(NC(=O)CCCN(c2cc(Cl)ccc2C)S(C)(=O)=O)ccc1Br. The molecule has 27 heavy (non-hydrogen) atoms. The summed E-state index contributed by atoms with van der Waals surface area (Å²) < 4.78 is 26.7. The monoisotopic (exact) mass is 472 g/mol. The summed E-state index contributed by atoms with van der Waals surface area (Å²) in [6.07, 6.45) is 1.75. The molecule has 0 saturated heterocycles. The van der Waals surface area contributed by atoms with Gasteiger partial charge in [0.1, 0.15) is 0 Å². The van der Waals surface area contributed by atoms with Crippen molar-refractivity contribution in [1.29, 1.82) is 0 Å². The van der Waals surface area contributed by atoms with E-state index in [1.807, 2.05) is 32.0 Å². The lowest BCUT2D eigenvalue weighted by molar-refractivity contribution is -0.116. The molecule has 2 aromatic rings. The van der Waals surface area contributed by atoms with E-state index in [0.717, 1.165) is 21.9 Å². The van der Waals surface area contributed by atoms with Gasteiger partial charge in [0.25, 0.3) is 0 Å². The van der Waals surface area contributed by atoms with Gasteiger partial charge in [0, 0.05) is 28.1 Å². The summed E-state index contributed by atoms with van der Waals surface area (Å²) in [7, 11) is -3.49. The maximum Gasteiger partial charge on any atom is 0.232 e. The van der Waals surface area contributed by atoms with Gasteiger partial charge < -0.3 is 5.32 Å². The standard InChI is InChI=1S/C19H22BrClN2O3S/c1-13-6-7-15(21)12-18(13)23(27(3,25)26)10-4-5-19(24)22-16-8-9-17(20)14(2)11-16/h6-9,11-12H,4-5,10H2,1-3H3,(H,22,24). The minimum Gasteiger partial charge on any atom is -0.326 e. The molecule has 146 valence electrons. The Labute approximate surface area is 173 Å². The van der Waals surface area contributed by atoms with Crippen molar-refractivity contribution in [1.82, 2.24) is 0 Å². The van der Waals surface area contributed by atoms with Gasteiger partial charge in [0.15, 0.2) is 0 Å². The number of rotatable bonds is 7. The van der Waals surface area contributed by atoms with Gasteiger partial charge >= 0.3 is 0 Å². The molecule has 0 bridgehead atoms. The van der Waals surface area contributed by atoms with Crippen molar-refractivity contribution < 1.29 is 13.2 Å². The number of sulfonamides is 1. The molecular weight excluding hydrogens is 452 g/mol. The lowest BCUT2D eigenvalue weighted by Crippen LogP contribution is -2.32. The second-order valence-electron chi connectivity index (χ2n) is 6.38. The smallest absolute Gasteiger partial charge is 0.232 e. The number of carbonyl (C=O) groups is 1. The first-order valence-corrected chi connectivity index (χ1v) is 11.4. The zero-order valence-electron chi connectivity index (χ0n) is 15.4. The minimum absolute atomic E-state index is 0.159. The zero-order chi connectivity index (χ0) is 20.2. The topological polar surface area (TPSA) is 66.5 Å². The van der Waals surface area contributed by atoms with E-state index >= 15 is 0 Å². The Balaban J connectivity index is 2.02. The number of halogens is 2. The number of nitrogens with one attached hydrogen (secondary N) is 1. The van der Waals surface area contributed by atoms with E-state index in [-0.39, 0.29) is 18.9 Å². The van der Waals surface area contributed by atoms with Crippen molar-refractivity contribution in [2.75, 3.05) is 22.4 Å². The second-order valence-corrected chi connectivity index (χ2v) is 9.58. The summed E-state index contributed by atoms with van der Waals surface area (Å²) in [4.78, 5) is 12.2. The summed E-state index contributed by atoms with van der Waals surface area (Å²) in [6, 6.07) is 10.7. The quantitative estimate of drug-likeness (QED) is 0.622. The van der Waals surface area contributed by atoms with E-state index in [2.05, 4.69) is 21.2 Å². The average Bonchev–Trinajstić information content (AvgIpc) is 2.56. The van der Waals surface area contributed by atoms with Crippen LogP contribution in [0, 0.1) is 13.8 Å². The van der Waals surface area contributed by atoms with Crippen LogP contribution in [0.4, 0.5) is 11.4 Å². The molecule has 2 aromatic carbocycles. The molecule has 1 N–H and O–H groups in total. The fourth-order valence-electron chi connectivity index (χ4n) is 2.65. The number of hydrogen-bond acceptors (Lipinski definition) is 3. The first-order valence-electron chi connectivity index (χ1n) is 8.38. The molecule has 0 heterocycles. The third-order valence-electron chi connectivity index (χ3n) is 4.05. The molecule has 0 aliphatic rings. The molecule has 2 rings (SSSR count). The van der Waals surface area contributed by atoms with Gasteiger partial charge in [-0.25, -0.2) is 8.42 Å². The van der Waals surface area contributed by atoms with Crippen molar-refractivity contribution >= 4 is 54.8 Å². The Morgan fingerprint density at radius 2 is 1.85 bits per heavy atom. The average molecular weight is 474 g/mol. The van der Waals surface area contributed by atoms with Crippen LogP contribution in [0.2, 0.25) is 5.02 Å². The molecule has 0 unspecified atom stereocenters. The van der Waals surface area contributed by atoms with Crippen molar-refractivity contribution in [2.24, 2.45) is 0 Å². The van der Waals surface area contributed by atoms with Crippen molar-refractivity contribution in [3.05, 3.63) is 57.0 Å². The fourth-order valence-corrected chi connectivity index (χ4v) is 4.07. The van der Waals surface area contributed by atoms with Crippen LogP contribution in [0.5, 0.6) is 0 Å². The van der Waals surface area contributed by atoms with Crippen LogP contribution in [-0.4, -0.2) is 27.1 Å². The molecule has 1 amide bonds. The summed E-state index contributed by atoms with van der Waals surface area (Å²) in [5, 5.41) is 3.30. The predicted octanol–water partition coefficient (Wildman–Crippen LogP) is 4.90. The molecular formula is C19H22BrClN2O3S. The molecule has 0 radical (unpaired) electrons. The summed E-state index contributed by atoms with van der Waals surface area (Å²) in [5.41, 5.74) is 3.08. The van der Waals surface area contributed by atoms with Gasteiger partial charge in [-0.1, -0.05) is 33.6 Å². The highest BCUT2D eigenvalue weighted by Gasteiger charge is 2.19. The van der Waals surface area contributed by atoms with Gasteiger partial charge in [-0.05, 0) is 61.7 Å². The van der Waals surface area contributed by atoms with Crippen LogP contribution in [0.3, 0.4) is 0 Å². The lowest BCUT2D eigenvalue weighted by atomic mass is 10.2. The predicted molar refractivity (Wildman–Crippen MR) is 115 cm³/mol. The van der Waals surface area contributed by atoms with E-state index in [4.69, 9.17) is 11.6 Å². The Bertz CT molecular complexity index is 948. The fraction of sp³-hybridized carbons (Fsp3) is 0.316. The highest BCUT2D eigenvalue weighted by Crippen LogP contribution is 2.27. The van der Waals surface area contributed by atoms with Gasteiger partial charge in [-0.15, -0.1) is 0 Å². The molecule has 5 nitrogen and oxygen atoms in total. The number of amides is 1. The van der Waals surface area contributed by atoms with Crippen molar-refractivity contribution in [3.63, 3.8) is 0 Å². The van der Waals surface area contributed by atoms with E-state index in [0.29, 0.717) is 22.8 Å². The maximum absolute atomic E-state index is 12.2. The van der Waals surface area contributed by atoms with Crippen molar-refractivity contribution in [3.8, 4) is 0 Å². The van der Waals surface area contributed by atoms with Gasteiger partial charge in [0.2, 0.25) is 15.9 Å². The first kappa shape index (κ1) is 21.7. The third kappa shape index (κ3) is 6.23. The van der Waals surface area contributed by atoms with Crippen LogP contribution < -0.4 is 9.62 Å². The number of carbonyl (C=O) groups excluding carboxylic acids is 1. The van der Waals surface area contributed by atoms with Crippen LogP contribution in [0.1, 0.15) is 24.0 Å². The highest BCUT2D eigenvalue weighted by atomic mass is 79.9. The maximum atomic E-state index is 12.2. The van der Waals surface area contributed by atoms with E-state index in [9.17, 15) is 13.2 Å². The molecule has 0 fully saturated rings. The molecule has 0 atom stereocenters. The molecule has 0 aliphatic carbocycles. The molecule has 0 saturated carbocycles. The van der Waals surface area contributed by atoms with Crippen LogP contribution in [-0.2, 0) is 14.8 Å². The Morgan fingerprint density at radius 1 is 1.15 bits per heavy atom. The molecule has 8 heteroatoms. The first-order chi connectivity index (χ1) is 12.6. The van der Waals surface area contributed by atoms with Crippen LogP contribution >= 0.6 is 27.5 Å². The number of benzene rings is 2. The van der Waals surface area contributed by atoms with Gasteiger partial charge in [-0.3, -0.25) is 9.10 Å². The van der Waals surface area contributed by atoms with E-state index in [1.54, 1.807) is 18.2 Å². The number of anilines is 2. The largest absolute Gasteiger partial charge is 0.326 e. The Hall–Kier alpha value is -1.57. The summed E-state index contributed by atoms with van der Waals surface area (Å²) >= 11 is 9.44. The van der Waals surface area contributed by atoms with Crippen LogP contribution in [0.15, 0.2) is 40.9 Å². The Morgan fingerprint density at radius 3 is 2.48 bits per heavy atom. The molecule has 0 spiro atoms. The zero-order valence-corrected chi connectivity index (χ0v) is 18.6. The van der Waals surface area contributed by atoms with Crippen LogP contribution in [0.25, 0.3) is 0 Å². The number of hydrogen-bond donors (Lipinski definition) is 1. The normalized spacial score (nSPS) is 11.3. The Kier molecular flexibility index (Phi) is 7.31. The van der Waals surface area contributed by atoms with E-state index < -0.39 is 10.0 Å². The number of aryl methyl sites for hydroxylation is 2. The minimum atomic E-state index is -3.49. The van der Waals surface area contributed by atoms with Gasteiger partial charge in [0.05, 0.1) is 11.9 Å². The van der Waals surface area contributed by atoms with Gasteiger partial charge in [-0.2, -0.15) is 0 Å². The molecule has 0 aliphatic heterocycles. The lowest BCUT2D eigenvalue weighted by Gasteiger charge is -2.24. The van der Waals surface area contributed by atoms with E-state index in [1.165, 1.54) is 4.31 Å². The number of nitrogens with zero attached hydrogens (tertiary/aromatic N) is 1. The highest BCUT2D eigenvalue weighted by molar-refractivity contribution is 9.10. The third-order valence-corrected chi connectivity index (χ3v) is 6.35.